The van der Waals surface area contributed by atoms with E-state index in [-0.39, 0.29) is 5.60 Å². The fourth-order valence-electron chi connectivity index (χ4n) is 2.74. The molecule has 0 aromatic heterocycles. The van der Waals surface area contributed by atoms with Gasteiger partial charge in [0, 0.05) is 6.61 Å². The summed E-state index contributed by atoms with van der Waals surface area (Å²) in [6.07, 6.45) is 9.02. The summed E-state index contributed by atoms with van der Waals surface area (Å²) in [5, 5.41) is 0. The van der Waals surface area contributed by atoms with Gasteiger partial charge in [0.2, 0.25) is 0 Å². The van der Waals surface area contributed by atoms with Crippen molar-refractivity contribution in [3.63, 3.8) is 0 Å². The van der Waals surface area contributed by atoms with Crippen LogP contribution >= 0.6 is 0 Å². The van der Waals surface area contributed by atoms with E-state index in [1.54, 1.807) is 0 Å². The van der Waals surface area contributed by atoms with E-state index in [1.807, 2.05) is 0 Å². The molecular weight excluding hydrogens is 162 g/mol. The summed E-state index contributed by atoms with van der Waals surface area (Å²) in [4.78, 5) is 0. The highest BCUT2D eigenvalue weighted by atomic mass is 16.5. The van der Waals surface area contributed by atoms with E-state index in [0.717, 1.165) is 19.1 Å². The Hall–Kier alpha value is -0.0800. The second-order valence-electron chi connectivity index (χ2n) is 4.67. The Labute approximate surface area is 80.8 Å². The molecule has 1 spiro atoms. The highest BCUT2D eigenvalue weighted by molar-refractivity contribution is 4.89. The maximum atomic E-state index is 5.96. The smallest absolute Gasteiger partial charge is 0.0682 e. The lowest BCUT2D eigenvalue weighted by atomic mass is 9.75. The summed E-state index contributed by atoms with van der Waals surface area (Å²) in [6.45, 7) is 1.86. The first kappa shape index (κ1) is 9.47. The molecule has 1 aliphatic heterocycles. The molecule has 2 heteroatoms. The SMILES string of the molecule is NCC1CCC2(CCCCO2)CC1. The normalized spacial score (nSPS) is 40.8. The van der Waals surface area contributed by atoms with Gasteiger partial charge in [0.05, 0.1) is 5.60 Å². The lowest BCUT2D eigenvalue weighted by molar-refractivity contribution is -0.106. The molecule has 0 radical (unpaired) electrons. The molecule has 2 nitrogen and oxygen atoms in total. The Morgan fingerprint density at radius 3 is 2.46 bits per heavy atom. The van der Waals surface area contributed by atoms with Crippen LogP contribution in [0.15, 0.2) is 0 Å². The zero-order chi connectivity index (χ0) is 9.15. The zero-order valence-corrected chi connectivity index (χ0v) is 8.43. The first-order chi connectivity index (χ1) is 6.35. The van der Waals surface area contributed by atoms with Gasteiger partial charge in [-0.15, -0.1) is 0 Å². The van der Waals surface area contributed by atoms with Crippen molar-refractivity contribution in [2.45, 2.75) is 50.5 Å². The van der Waals surface area contributed by atoms with Gasteiger partial charge < -0.3 is 10.5 Å². The third-order valence-corrected chi connectivity index (χ3v) is 3.78. The molecule has 13 heavy (non-hydrogen) atoms. The quantitative estimate of drug-likeness (QED) is 0.675. The van der Waals surface area contributed by atoms with E-state index in [0.29, 0.717) is 0 Å². The predicted molar refractivity (Wildman–Crippen MR) is 53.5 cm³/mol. The van der Waals surface area contributed by atoms with Gasteiger partial charge in [-0.25, -0.2) is 0 Å². The topological polar surface area (TPSA) is 35.2 Å². The highest BCUT2D eigenvalue weighted by Crippen LogP contribution is 2.40. The van der Waals surface area contributed by atoms with Crippen LogP contribution in [0.4, 0.5) is 0 Å². The maximum absolute atomic E-state index is 5.96. The maximum Gasteiger partial charge on any atom is 0.0682 e. The fourth-order valence-corrected chi connectivity index (χ4v) is 2.74. The van der Waals surface area contributed by atoms with Gasteiger partial charge in [-0.05, 0) is 57.4 Å². The molecule has 2 aliphatic rings. The van der Waals surface area contributed by atoms with Crippen LogP contribution in [-0.2, 0) is 4.74 Å². The van der Waals surface area contributed by atoms with Gasteiger partial charge in [-0.3, -0.25) is 0 Å². The molecule has 1 aliphatic carbocycles. The van der Waals surface area contributed by atoms with Crippen LogP contribution in [0.5, 0.6) is 0 Å². The Morgan fingerprint density at radius 1 is 1.15 bits per heavy atom. The van der Waals surface area contributed by atoms with Crippen molar-refractivity contribution in [3.8, 4) is 0 Å². The summed E-state index contributed by atoms with van der Waals surface area (Å²) in [7, 11) is 0. The van der Waals surface area contributed by atoms with Crippen LogP contribution in [0.3, 0.4) is 0 Å². The Bertz CT molecular complexity index is 153. The molecule has 1 heterocycles. The summed E-state index contributed by atoms with van der Waals surface area (Å²) in [5.41, 5.74) is 5.96. The van der Waals surface area contributed by atoms with Crippen LogP contribution in [-0.4, -0.2) is 18.8 Å². The van der Waals surface area contributed by atoms with E-state index < -0.39 is 0 Å². The molecule has 0 atom stereocenters. The van der Waals surface area contributed by atoms with Crippen LogP contribution in [0.25, 0.3) is 0 Å². The standard InChI is InChI=1S/C11H21NO/c12-9-10-3-6-11(7-4-10)5-1-2-8-13-11/h10H,1-9,12H2. The lowest BCUT2D eigenvalue weighted by Crippen LogP contribution is -2.41. The van der Waals surface area contributed by atoms with Crippen LogP contribution in [0, 0.1) is 5.92 Å². The van der Waals surface area contributed by atoms with E-state index in [1.165, 1.54) is 44.9 Å². The summed E-state index contributed by atoms with van der Waals surface area (Å²) >= 11 is 0. The zero-order valence-electron chi connectivity index (χ0n) is 8.43. The molecule has 1 saturated carbocycles. The van der Waals surface area contributed by atoms with Crippen LogP contribution < -0.4 is 5.73 Å². The molecule has 0 unspecified atom stereocenters. The molecule has 2 N–H and O–H groups in total. The van der Waals surface area contributed by atoms with Gasteiger partial charge in [0.1, 0.15) is 0 Å². The first-order valence-corrected chi connectivity index (χ1v) is 5.69. The third-order valence-electron chi connectivity index (χ3n) is 3.78. The van der Waals surface area contributed by atoms with Crippen molar-refractivity contribution in [1.29, 1.82) is 0 Å². The number of ether oxygens (including phenoxy) is 1. The number of nitrogens with two attached hydrogens (primary N) is 1. The van der Waals surface area contributed by atoms with Crippen molar-refractivity contribution in [1.82, 2.24) is 0 Å². The minimum Gasteiger partial charge on any atom is -0.375 e. The minimum atomic E-state index is 0.282. The number of hydrogen-bond donors (Lipinski definition) is 1. The minimum absolute atomic E-state index is 0.282. The predicted octanol–water partition coefficient (Wildman–Crippen LogP) is 2.07. The average molecular weight is 183 g/mol. The molecule has 2 fully saturated rings. The van der Waals surface area contributed by atoms with E-state index in [4.69, 9.17) is 10.5 Å². The highest BCUT2D eigenvalue weighted by Gasteiger charge is 2.36. The Balaban J connectivity index is 1.87. The van der Waals surface area contributed by atoms with Gasteiger partial charge in [-0.1, -0.05) is 0 Å². The molecule has 0 aromatic carbocycles. The second kappa shape index (κ2) is 3.97. The lowest BCUT2D eigenvalue weighted by Gasteiger charge is -2.42. The number of hydrogen-bond acceptors (Lipinski definition) is 2. The van der Waals surface area contributed by atoms with Crippen LogP contribution in [0.1, 0.15) is 44.9 Å². The molecule has 76 valence electrons. The molecule has 0 aromatic rings. The van der Waals surface area contributed by atoms with Crippen molar-refractivity contribution in [3.05, 3.63) is 0 Å². The average Bonchev–Trinajstić information content (AvgIpc) is 2.20. The van der Waals surface area contributed by atoms with Crippen LogP contribution in [0.2, 0.25) is 0 Å². The Morgan fingerprint density at radius 2 is 1.92 bits per heavy atom. The van der Waals surface area contributed by atoms with Gasteiger partial charge in [0.15, 0.2) is 0 Å². The molecule has 2 rings (SSSR count). The van der Waals surface area contributed by atoms with Crippen molar-refractivity contribution < 1.29 is 4.74 Å². The third kappa shape index (κ3) is 2.05. The van der Waals surface area contributed by atoms with Crippen molar-refractivity contribution >= 4 is 0 Å². The van der Waals surface area contributed by atoms with Crippen molar-refractivity contribution in [2.24, 2.45) is 11.7 Å². The molecular formula is C11H21NO. The summed E-state index contributed by atoms with van der Waals surface area (Å²) in [5.74, 6) is 0.774. The molecule has 1 saturated heterocycles. The fraction of sp³-hybridized carbons (Fsp3) is 1.00. The van der Waals surface area contributed by atoms with Gasteiger partial charge in [-0.2, -0.15) is 0 Å². The first-order valence-electron chi connectivity index (χ1n) is 5.69. The largest absolute Gasteiger partial charge is 0.375 e. The summed E-state index contributed by atoms with van der Waals surface area (Å²) < 4.78 is 5.96. The van der Waals surface area contributed by atoms with E-state index >= 15 is 0 Å². The molecule has 0 bridgehead atoms. The van der Waals surface area contributed by atoms with E-state index in [9.17, 15) is 0 Å². The number of rotatable bonds is 1. The van der Waals surface area contributed by atoms with Gasteiger partial charge in [0.25, 0.3) is 0 Å². The van der Waals surface area contributed by atoms with E-state index in [2.05, 4.69) is 0 Å². The van der Waals surface area contributed by atoms with Crippen molar-refractivity contribution in [2.75, 3.05) is 13.2 Å². The summed E-state index contributed by atoms with van der Waals surface area (Å²) in [6, 6.07) is 0. The molecule has 0 amide bonds. The second-order valence-corrected chi connectivity index (χ2v) is 4.67. The Kier molecular flexibility index (Phi) is 2.89. The monoisotopic (exact) mass is 183 g/mol. The van der Waals surface area contributed by atoms with Gasteiger partial charge >= 0.3 is 0 Å².